The molecule has 0 fully saturated rings. The van der Waals surface area contributed by atoms with Gasteiger partial charge in [0.2, 0.25) is 11.3 Å². The van der Waals surface area contributed by atoms with Crippen molar-refractivity contribution in [3.63, 3.8) is 0 Å². The van der Waals surface area contributed by atoms with Gasteiger partial charge in [-0.25, -0.2) is 13.4 Å². The Morgan fingerprint density at radius 2 is 1.63 bits per heavy atom. The third-order valence-electron chi connectivity index (χ3n) is 3.93. The first-order chi connectivity index (χ1) is 12.9. The fourth-order valence-corrected chi connectivity index (χ4v) is 4.86. The van der Waals surface area contributed by atoms with E-state index < -0.39 is 10.0 Å². The van der Waals surface area contributed by atoms with E-state index in [1.165, 1.54) is 0 Å². The number of benzene rings is 1. The van der Waals surface area contributed by atoms with Gasteiger partial charge in [-0.1, -0.05) is 18.2 Å². The van der Waals surface area contributed by atoms with Gasteiger partial charge in [0.05, 0.1) is 12.4 Å². The zero-order valence-corrected chi connectivity index (χ0v) is 16.4. The molecule has 3 heterocycles. The van der Waals surface area contributed by atoms with Crippen molar-refractivity contribution >= 4 is 38.2 Å². The first-order valence-corrected chi connectivity index (χ1v) is 10.6. The average Bonchev–Trinajstić information content (AvgIpc) is 3.15. The normalized spacial score (nSPS) is 11.6. The number of hydrogen-bond acceptors (Lipinski definition) is 5. The highest BCUT2D eigenvalue weighted by Crippen LogP contribution is 2.23. The number of para-hydroxylation sites is 2. The van der Waals surface area contributed by atoms with Gasteiger partial charge in [0.25, 0.3) is 10.0 Å². The summed E-state index contributed by atoms with van der Waals surface area (Å²) in [6, 6.07) is 12.7. The number of hydrogen-bond donors (Lipinski definition) is 1. The Morgan fingerprint density at radius 1 is 0.963 bits per heavy atom. The lowest BCUT2D eigenvalue weighted by molar-refractivity contribution is -0.599. The van der Waals surface area contributed by atoms with Crippen molar-refractivity contribution in [1.29, 1.82) is 0 Å². The smallest absolute Gasteiger partial charge is 0.256 e. The predicted octanol–water partition coefficient (Wildman–Crippen LogP) is 3.39. The zero-order chi connectivity index (χ0) is 19.0. The van der Waals surface area contributed by atoms with E-state index >= 15 is 0 Å². The number of rotatable bonds is 4. The number of nitrogens with zero attached hydrogens (tertiary/aromatic N) is 3. The van der Waals surface area contributed by atoms with Gasteiger partial charge in [-0.15, -0.1) is 11.3 Å². The van der Waals surface area contributed by atoms with E-state index in [4.69, 9.17) is 0 Å². The molecule has 0 saturated heterocycles. The number of nitrogens with one attached hydrogen (secondary N) is 1. The highest BCUT2D eigenvalue weighted by molar-refractivity contribution is 7.94. The van der Waals surface area contributed by atoms with Crippen LogP contribution in [0.25, 0.3) is 16.9 Å². The van der Waals surface area contributed by atoms with Crippen LogP contribution in [0.5, 0.6) is 0 Å². The molecular formula is C19H17N4O2S2+. The van der Waals surface area contributed by atoms with Crippen LogP contribution in [0.1, 0.15) is 11.1 Å². The Bertz CT molecular complexity index is 1220. The molecule has 4 rings (SSSR count). The van der Waals surface area contributed by atoms with Crippen LogP contribution in [0.15, 0.2) is 64.4 Å². The van der Waals surface area contributed by atoms with Gasteiger partial charge >= 0.3 is 5.82 Å². The van der Waals surface area contributed by atoms with Crippen molar-refractivity contribution in [2.45, 2.75) is 18.1 Å². The zero-order valence-electron chi connectivity index (χ0n) is 14.7. The van der Waals surface area contributed by atoms with E-state index in [2.05, 4.69) is 14.7 Å². The first-order valence-electron chi connectivity index (χ1n) is 8.25. The van der Waals surface area contributed by atoms with E-state index in [0.29, 0.717) is 16.9 Å². The van der Waals surface area contributed by atoms with Crippen molar-refractivity contribution in [3.05, 3.63) is 71.4 Å². The molecule has 4 aromatic rings. The lowest BCUT2D eigenvalue weighted by Gasteiger charge is -2.08. The summed E-state index contributed by atoms with van der Waals surface area (Å²) >= 11 is 1.15. The molecule has 0 amide bonds. The number of anilines is 1. The molecule has 1 aromatic carbocycles. The molecule has 0 bridgehead atoms. The lowest BCUT2D eigenvalue weighted by atomic mass is 10.2. The van der Waals surface area contributed by atoms with Crippen molar-refractivity contribution in [1.82, 2.24) is 9.97 Å². The fourth-order valence-electron chi connectivity index (χ4n) is 2.87. The Morgan fingerprint density at radius 3 is 2.26 bits per heavy atom. The van der Waals surface area contributed by atoms with E-state index in [9.17, 15) is 8.42 Å². The SMILES string of the molecule is Cc1cc(C)c[n+](-c2nc3ccccc3nc2NS(=O)(=O)c2cccs2)c1. The molecule has 136 valence electrons. The number of aromatic nitrogens is 3. The maximum absolute atomic E-state index is 12.7. The molecule has 6 nitrogen and oxygen atoms in total. The molecule has 0 aliphatic rings. The Hall–Kier alpha value is -2.84. The van der Waals surface area contributed by atoms with Crippen LogP contribution < -0.4 is 9.29 Å². The molecule has 0 radical (unpaired) electrons. The van der Waals surface area contributed by atoms with Gasteiger partial charge in [-0.2, -0.15) is 4.57 Å². The van der Waals surface area contributed by atoms with Gasteiger partial charge in [0.15, 0.2) is 0 Å². The molecule has 1 N–H and O–H groups in total. The average molecular weight is 398 g/mol. The molecule has 0 saturated carbocycles. The van der Waals surface area contributed by atoms with E-state index in [1.54, 1.807) is 28.1 Å². The molecule has 0 spiro atoms. The molecular weight excluding hydrogens is 380 g/mol. The van der Waals surface area contributed by atoms with Crippen LogP contribution in [0.3, 0.4) is 0 Å². The summed E-state index contributed by atoms with van der Waals surface area (Å²) < 4.78 is 30.1. The first kappa shape index (κ1) is 17.6. The molecule has 3 aromatic heterocycles. The summed E-state index contributed by atoms with van der Waals surface area (Å²) in [7, 11) is -3.74. The van der Waals surface area contributed by atoms with Crippen LogP contribution >= 0.6 is 11.3 Å². The maximum atomic E-state index is 12.7. The maximum Gasteiger partial charge on any atom is 0.372 e. The van der Waals surface area contributed by atoms with Crippen LogP contribution in [0.4, 0.5) is 5.82 Å². The summed E-state index contributed by atoms with van der Waals surface area (Å²) in [5.74, 6) is 0.623. The van der Waals surface area contributed by atoms with Gasteiger partial charge in [-0.3, -0.25) is 4.72 Å². The minimum atomic E-state index is -3.74. The summed E-state index contributed by atoms with van der Waals surface area (Å²) in [4.78, 5) is 9.21. The second-order valence-corrected chi connectivity index (χ2v) is 9.08. The third kappa shape index (κ3) is 3.54. The minimum absolute atomic E-state index is 0.192. The molecule has 0 atom stereocenters. The molecule has 27 heavy (non-hydrogen) atoms. The number of pyridine rings is 1. The van der Waals surface area contributed by atoms with Gasteiger partial charge < -0.3 is 0 Å². The van der Waals surface area contributed by atoms with Gasteiger partial charge in [-0.05, 0) is 59.6 Å². The van der Waals surface area contributed by atoms with Crippen molar-refractivity contribution in [3.8, 4) is 5.82 Å². The minimum Gasteiger partial charge on any atom is -0.256 e. The standard InChI is InChI=1S/C19H17N4O2S2/c1-13-10-14(2)12-23(11-13)19-18(20-15-6-3-4-7-16(15)21-19)22-27(24,25)17-8-5-9-26-17/h3-12H,1-2H3,(H,20,22)/q+1. The summed E-state index contributed by atoms with van der Waals surface area (Å²) in [5.41, 5.74) is 3.39. The van der Waals surface area contributed by atoms with Crippen LogP contribution in [0, 0.1) is 13.8 Å². The van der Waals surface area contributed by atoms with Crippen LogP contribution in [0.2, 0.25) is 0 Å². The predicted molar refractivity (Wildman–Crippen MR) is 106 cm³/mol. The number of thiophene rings is 1. The topological polar surface area (TPSA) is 75.8 Å². The molecule has 0 aliphatic heterocycles. The number of sulfonamides is 1. The second-order valence-electron chi connectivity index (χ2n) is 6.22. The van der Waals surface area contributed by atoms with E-state index in [1.807, 2.05) is 50.5 Å². The summed E-state index contributed by atoms with van der Waals surface area (Å²) in [5, 5.41) is 1.72. The number of aryl methyl sites for hydroxylation is 2. The Balaban J connectivity index is 1.92. The lowest BCUT2D eigenvalue weighted by Crippen LogP contribution is -2.34. The van der Waals surface area contributed by atoms with Crippen LogP contribution in [-0.4, -0.2) is 18.4 Å². The van der Waals surface area contributed by atoms with Crippen molar-refractivity contribution < 1.29 is 13.0 Å². The highest BCUT2D eigenvalue weighted by atomic mass is 32.2. The van der Waals surface area contributed by atoms with Crippen LogP contribution in [-0.2, 0) is 10.0 Å². The summed E-state index contributed by atoms with van der Waals surface area (Å²) in [6.07, 6.45) is 3.80. The summed E-state index contributed by atoms with van der Waals surface area (Å²) in [6.45, 7) is 3.96. The molecule has 8 heteroatoms. The largest absolute Gasteiger partial charge is 0.372 e. The van der Waals surface area contributed by atoms with E-state index in [0.717, 1.165) is 22.5 Å². The Labute approximate surface area is 161 Å². The van der Waals surface area contributed by atoms with Gasteiger partial charge in [0.1, 0.15) is 9.73 Å². The fraction of sp³-hybridized carbons (Fsp3) is 0.105. The number of fused-ring (bicyclic) bond motifs is 1. The quantitative estimate of drug-likeness (QED) is 0.536. The Kier molecular flexibility index (Phi) is 4.37. The monoisotopic (exact) mass is 397 g/mol. The van der Waals surface area contributed by atoms with E-state index in [-0.39, 0.29) is 10.0 Å². The van der Waals surface area contributed by atoms with Crippen molar-refractivity contribution in [2.24, 2.45) is 0 Å². The van der Waals surface area contributed by atoms with Gasteiger partial charge in [0, 0.05) is 0 Å². The van der Waals surface area contributed by atoms with Crippen molar-refractivity contribution in [2.75, 3.05) is 4.72 Å². The molecule has 0 aliphatic carbocycles. The third-order valence-corrected chi connectivity index (χ3v) is 6.66. The second kappa shape index (κ2) is 6.71. The highest BCUT2D eigenvalue weighted by Gasteiger charge is 2.25. The molecule has 0 unspecified atom stereocenters.